The molecule has 3 heterocycles. The number of anilines is 1. The third-order valence-corrected chi connectivity index (χ3v) is 6.51. The average molecular weight is 463 g/mol. The van der Waals surface area contributed by atoms with E-state index in [4.69, 9.17) is 4.52 Å². The van der Waals surface area contributed by atoms with E-state index in [2.05, 4.69) is 37.7 Å². The molecule has 2 amide bonds. The molecule has 1 aliphatic rings. The predicted molar refractivity (Wildman–Crippen MR) is 127 cm³/mol. The van der Waals surface area contributed by atoms with Gasteiger partial charge in [-0.1, -0.05) is 31.8 Å². The smallest absolute Gasteiger partial charge is 0.257 e. The lowest BCUT2D eigenvalue weighted by molar-refractivity contribution is -0.119. The van der Waals surface area contributed by atoms with E-state index in [0.29, 0.717) is 29.4 Å². The monoisotopic (exact) mass is 462 g/mol. The molecule has 1 fully saturated rings. The second kappa shape index (κ2) is 10.5. The van der Waals surface area contributed by atoms with Crippen molar-refractivity contribution in [1.29, 1.82) is 0 Å². The molecule has 9 nitrogen and oxygen atoms in total. The number of nitrogens with one attached hydrogen (secondary N) is 2. The van der Waals surface area contributed by atoms with E-state index < -0.39 is 6.04 Å². The lowest BCUT2D eigenvalue weighted by Crippen LogP contribution is -2.49. The first-order valence-corrected chi connectivity index (χ1v) is 11.7. The molecule has 0 aromatic carbocycles. The minimum Gasteiger partial charge on any atom is -0.364 e. The molecule has 0 aliphatic heterocycles. The quantitative estimate of drug-likeness (QED) is 0.545. The van der Waals surface area contributed by atoms with Gasteiger partial charge in [0.25, 0.3) is 5.91 Å². The lowest BCUT2D eigenvalue weighted by atomic mass is 9.79. The summed E-state index contributed by atoms with van der Waals surface area (Å²) in [7, 11) is 0. The number of hydrogen-bond acceptors (Lipinski definition) is 7. The number of carbonyl (C=O) groups is 2. The fourth-order valence-electron chi connectivity index (χ4n) is 4.45. The first-order valence-electron chi connectivity index (χ1n) is 11.7. The Labute approximate surface area is 198 Å². The van der Waals surface area contributed by atoms with Crippen molar-refractivity contribution in [1.82, 2.24) is 25.4 Å². The van der Waals surface area contributed by atoms with Gasteiger partial charge in [0, 0.05) is 18.0 Å². The summed E-state index contributed by atoms with van der Waals surface area (Å²) in [6.07, 6.45) is 10.6. The SMILES string of the molecule is CCc1nocc1C(=O)N[C@H](C(=O)Nc1ccc(-c2ncncc2C)cn1)C1CCC(C)CC1. The Hall–Kier alpha value is -3.62. The first kappa shape index (κ1) is 23.5. The van der Waals surface area contributed by atoms with Gasteiger partial charge in [0.2, 0.25) is 5.91 Å². The highest BCUT2D eigenvalue weighted by molar-refractivity contribution is 6.01. The number of amides is 2. The molecule has 3 aromatic rings. The van der Waals surface area contributed by atoms with Crippen LogP contribution in [-0.4, -0.2) is 38.0 Å². The minimum absolute atomic E-state index is 0.0491. The summed E-state index contributed by atoms with van der Waals surface area (Å²) in [4.78, 5) is 39.0. The molecule has 178 valence electrons. The maximum atomic E-state index is 13.3. The molecule has 0 unspecified atom stereocenters. The molecule has 4 rings (SSSR count). The van der Waals surface area contributed by atoms with Crippen molar-refractivity contribution >= 4 is 17.6 Å². The molecule has 1 saturated carbocycles. The van der Waals surface area contributed by atoms with E-state index in [9.17, 15) is 9.59 Å². The standard InChI is InChI=1S/C25H30N6O3/c1-4-20-19(13-34-31-20)24(32)30-23(17-7-5-15(2)6-8-17)25(33)29-21-10-9-18(12-27-21)22-16(3)11-26-14-28-22/h9-15,17,23H,4-8H2,1-3H3,(H,30,32)(H,27,29,33)/t15?,17?,23-/m0/s1. The third kappa shape index (κ3) is 5.30. The molecule has 34 heavy (non-hydrogen) atoms. The summed E-state index contributed by atoms with van der Waals surface area (Å²) < 4.78 is 4.98. The van der Waals surface area contributed by atoms with Crippen molar-refractivity contribution in [3.05, 3.63) is 53.9 Å². The van der Waals surface area contributed by atoms with Gasteiger partial charge in [-0.3, -0.25) is 9.59 Å². The van der Waals surface area contributed by atoms with Gasteiger partial charge in [-0.25, -0.2) is 15.0 Å². The zero-order valence-electron chi connectivity index (χ0n) is 19.7. The van der Waals surface area contributed by atoms with Crippen LogP contribution in [0.3, 0.4) is 0 Å². The summed E-state index contributed by atoms with van der Waals surface area (Å²) in [5.74, 6) is 0.469. The number of aromatic nitrogens is 4. The molecular weight excluding hydrogens is 432 g/mol. The molecule has 0 bridgehead atoms. The summed E-state index contributed by atoms with van der Waals surface area (Å²) in [6.45, 7) is 6.06. The van der Waals surface area contributed by atoms with Crippen LogP contribution in [0.15, 0.2) is 41.6 Å². The van der Waals surface area contributed by atoms with Gasteiger partial charge in [0.05, 0.1) is 11.4 Å². The fourth-order valence-corrected chi connectivity index (χ4v) is 4.45. The van der Waals surface area contributed by atoms with Crippen LogP contribution < -0.4 is 10.6 Å². The Kier molecular flexibility index (Phi) is 7.30. The number of rotatable bonds is 7. The third-order valence-electron chi connectivity index (χ3n) is 6.51. The van der Waals surface area contributed by atoms with Crippen LogP contribution in [0.2, 0.25) is 0 Å². The second-order valence-corrected chi connectivity index (χ2v) is 8.98. The molecule has 0 saturated heterocycles. The van der Waals surface area contributed by atoms with E-state index >= 15 is 0 Å². The highest BCUT2D eigenvalue weighted by Crippen LogP contribution is 2.31. The average Bonchev–Trinajstić information content (AvgIpc) is 3.33. The van der Waals surface area contributed by atoms with Crippen LogP contribution in [0, 0.1) is 18.8 Å². The molecule has 1 aliphatic carbocycles. The molecule has 1 atom stereocenters. The maximum absolute atomic E-state index is 13.3. The Bertz CT molecular complexity index is 1140. The van der Waals surface area contributed by atoms with Crippen LogP contribution in [0.1, 0.15) is 61.1 Å². The zero-order chi connectivity index (χ0) is 24.1. The highest BCUT2D eigenvalue weighted by Gasteiger charge is 2.33. The van der Waals surface area contributed by atoms with Crippen molar-refractivity contribution < 1.29 is 14.1 Å². The lowest BCUT2D eigenvalue weighted by Gasteiger charge is -2.32. The minimum atomic E-state index is -0.676. The van der Waals surface area contributed by atoms with E-state index in [1.54, 1.807) is 18.5 Å². The van der Waals surface area contributed by atoms with Gasteiger partial charge in [0.1, 0.15) is 30.0 Å². The van der Waals surface area contributed by atoms with E-state index in [0.717, 1.165) is 42.5 Å². The van der Waals surface area contributed by atoms with E-state index in [1.807, 2.05) is 19.9 Å². The van der Waals surface area contributed by atoms with Crippen molar-refractivity contribution in [3.63, 3.8) is 0 Å². The Balaban J connectivity index is 1.51. The van der Waals surface area contributed by atoms with Crippen molar-refractivity contribution in [2.75, 3.05) is 5.32 Å². The van der Waals surface area contributed by atoms with Crippen molar-refractivity contribution in [2.24, 2.45) is 11.8 Å². The Morgan fingerprint density at radius 3 is 2.62 bits per heavy atom. The highest BCUT2D eigenvalue weighted by atomic mass is 16.5. The number of nitrogens with zero attached hydrogens (tertiary/aromatic N) is 4. The molecule has 3 aromatic heterocycles. The molecular formula is C25H30N6O3. The second-order valence-electron chi connectivity index (χ2n) is 8.98. The number of aryl methyl sites for hydroxylation is 2. The predicted octanol–water partition coefficient (Wildman–Crippen LogP) is 3.96. The molecule has 9 heteroatoms. The van der Waals surface area contributed by atoms with Gasteiger partial charge < -0.3 is 15.2 Å². The Morgan fingerprint density at radius 1 is 1.15 bits per heavy atom. The van der Waals surface area contributed by atoms with E-state index in [-0.39, 0.29) is 17.7 Å². The Morgan fingerprint density at radius 2 is 1.94 bits per heavy atom. The molecule has 0 spiro atoms. The number of carbonyl (C=O) groups excluding carboxylic acids is 2. The molecule has 2 N–H and O–H groups in total. The van der Waals surface area contributed by atoms with Gasteiger partial charge in [-0.15, -0.1) is 0 Å². The summed E-state index contributed by atoms with van der Waals surface area (Å²) in [6, 6.07) is 2.93. The van der Waals surface area contributed by atoms with Gasteiger partial charge in [-0.05, 0) is 55.7 Å². The van der Waals surface area contributed by atoms with Crippen molar-refractivity contribution in [3.8, 4) is 11.3 Å². The summed E-state index contributed by atoms with van der Waals surface area (Å²) in [5.41, 5.74) is 3.51. The van der Waals surface area contributed by atoms with E-state index in [1.165, 1.54) is 12.6 Å². The van der Waals surface area contributed by atoms with Gasteiger partial charge >= 0.3 is 0 Å². The normalized spacial score (nSPS) is 18.8. The number of pyridine rings is 1. The first-order chi connectivity index (χ1) is 16.5. The fraction of sp³-hybridized carbons (Fsp3) is 0.440. The van der Waals surface area contributed by atoms with Crippen LogP contribution in [0.25, 0.3) is 11.3 Å². The van der Waals surface area contributed by atoms with Crippen LogP contribution in [-0.2, 0) is 11.2 Å². The van der Waals surface area contributed by atoms with Crippen LogP contribution in [0.4, 0.5) is 5.82 Å². The largest absolute Gasteiger partial charge is 0.364 e. The topological polar surface area (TPSA) is 123 Å². The number of hydrogen-bond donors (Lipinski definition) is 2. The maximum Gasteiger partial charge on any atom is 0.257 e. The van der Waals surface area contributed by atoms with Crippen molar-refractivity contribution in [2.45, 2.75) is 58.9 Å². The zero-order valence-corrected chi connectivity index (χ0v) is 19.7. The molecule has 0 radical (unpaired) electrons. The van der Waals surface area contributed by atoms with Gasteiger partial charge in [-0.2, -0.15) is 0 Å². The van der Waals surface area contributed by atoms with Gasteiger partial charge in [0.15, 0.2) is 0 Å². The van der Waals surface area contributed by atoms with Crippen LogP contribution in [0.5, 0.6) is 0 Å². The summed E-state index contributed by atoms with van der Waals surface area (Å²) >= 11 is 0. The van der Waals surface area contributed by atoms with Crippen LogP contribution >= 0.6 is 0 Å². The summed E-state index contributed by atoms with van der Waals surface area (Å²) in [5, 5.41) is 9.72.